The van der Waals surface area contributed by atoms with Gasteiger partial charge in [-0.15, -0.1) is 0 Å². The average Bonchev–Trinajstić information content (AvgIpc) is 3.16. The van der Waals surface area contributed by atoms with Crippen molar-refractivity contribution in [2.45, 2.75) is 6.61 Å². The summed E-state index contributed by atoms with van der Waals surface area (Å²) in [5.74, 6) is 0.499. The molecule has 0 atom stereocenters. The van der Waals surface area contributed by atoms with Crippen LogP contribution >= 0.6 is 39.9 Å². The summed E-state index contributed by atoms with van der Waals surface area (Å²) in [7, 11) is 1.49. The highest BCUT2D eigenvalue weighted by Crippen LogP contribution is 2.40. The van der Waals surface area contributed by atoms with Gasteiger partial charge in [0.05, 0.1) is 27.5 Å². The summed E-state index contributed by atoms with van der Waals surface area (Å²) in [6, 6.07) is 15.0. The van der Waals surface area contributed by atoms with E-state index in [2.05, 4.69) is 15.9 Å². The Balaban J connectivity index is 1.54. The number of carbonyl (C=O) groups excluding carboxylic acids is 1. The largest absolute Gasteiger partial charge is 0.493 e. The molecule has 3 aromatic rings. The highest BCUT2D eigenvalue weighted by atomic mass is 79.9. The Kier molecular flexibility index (Phi) is 7.86. The number of halogens is 1. The van der Waals surface area contributed by atoms with Crippen molar-refractivity contribution in [1.29, 1.82) is 0 Å². The summed E-state index contributed by atoms with van der Waals surface area (Å²) in [4.78, 5) is 35.5. The predicted octanol–water partition coefficient (Wildman–Crippen LogP) is 6.26. The minimum atomic E-state index is -0.516. The number of benzene rings is 3. The van der Waals surface area contributed by atoms with Gasteiger partial charge in [-0.25, -0.2) is 0 Å². The molecule has 13 heteroatoms. The predicted molar refractivity (Wildman–Crippen MR) is 147 cm³/mol. The van der Waals surface area contributed by atoms with Gasteiger partial charge in [-0.1, -0.05) is 39.9 Å². The second-order valence-electron chi connectivity index (χ2n) is 7.53. The number of hydrogen-bond donors (Lipinski definition) is 0. The van der Waals surface area contributed by atoms with Crippen LogP contribution in [0.15, 0.2) is 70.0 Å². The van der Waals surface area contributed by atoms with Gasteiger partial charge in [-0.2, -0.15) is 0 Å². The number of thiocarbonyl (C=S) groups is 1. The number of ether oxygens (including phenoxy) is 2. The first-order valence-corrected chi connectivity index (χ1v) is 12.5. The minimum absolute atomic E-state index is 0.00702. The molecule has 1 saturated heterocycles. The zero-order chi connectivity index (χ0) is 26.7. The van der Waals surface area contributed by atoms with Crippen LogP contribution in [0.2, 0.25) is 0 Å². The van der Waals surface area contributed by atoms with Gasteiger partial charge in [0.25, 0.3) is 17.3 Å². The van der Waals surface area contributed by atoms with E-state index < -0.39 is 9.85 Å². The lowest BCUT2D eigenvalue weighted by Gasteiger charge is -2.14. The molecule has 0 unspecified atom stereocenters. The number of hydrogen-bond acceptors (Lipinski definition) is 9. The zero-order valence-corrected chi connectivity index (χ0v) is 22.2. The van der Waals surface area contributed by atoms with E-state index in [9.17, 15) is 25.0 Å². The van der Waals surface area contributed by atoms with Crippen LogP contribution in [0.1, 0.15) is 11.1 Å². The van der Waals surface area contributed by atoms with Crippen molar-refractivity contribution in [2.75, 3.05) is 12.0 Å². The Morgan fingerprint density at radius 3 is 2.16 bits per heavy atom. The fraction of sp³-hybridized carbons (Fsp3) is 0.0833. The smallest absolute Gasteiger partial charge is 0.270 e. The average molecular weight is 602 g/mol. The van der Waals surface area contributed by atoms with Crippen molar-refractivity contribution in [1.82, 2.24) is 0 Å². The lowest BCUT2D eigenvalue weighted by molar-refractivity contribution is -0.385. The number of thioether (sulfide) groups is 1. The summed E-state index contributed by atoms with van der Waals surface area (Å²) < 4.78 is 12.3. The van der Waals surface area contributed by atoms with E-state index in [0.717, 1.165) is 17.3 Å². The molecule has 10 nitrogen and oxygen atoms in total. The lowest BCUT2D eigenvalue weighted by Crippen LogP contribution is -2.27. The minimum Gasteiger partial charge on any atom is -0.493 e. The maximum atomic E-state index is 13.1. The van der Waals surface area contributed by atoms with Crippen molar-refractivity contribution in [3.05, 3.63) is 101 Å². The van der Waals surface area contributed by atoms with Crippen molar-refractivity contribution < 1.29 is 24.1 Å². The molecule has 1 amide bonds. The number of methoxy groups -OCH3 is 1. The molecule has 188 valence electrons. The van der Waals surface area contributed by atoms with Crippen LogP contribution in [0.25, 0.3) is 6.08 Å². The third-order valence-corrected chi connectivity index (χ3v) is 7.21. The number of anilines is 1. The number of nitro groups is 2. The van der Waals surface area contributed by atoms with Crippen LogP contribution in [0, 0.1) is 20.2 Å². The van der Waals surface area contributed by atoms with Gasteiger partial charge in [-0.05, 0) is 53.6 Å². The topological polar surface area (TPSA) is 125 Å². The van der Waals surface area contributed by atoms with Gasteiger partial charge >= 0.3 is 0 Å². The second-order valence-corrected chi connectivity index (χ2v) is 10.1. The zero-order valence-electron chi connectivity index (χ0n) is 19.0. The van der Waals surface area contributed by atoms with Crippen LogP contribution in [0.5, 0.6) is 11.5 Å². The number of non-ortho nitro benzene ring substituents is 2. The molecular formula is C24H16BrN3O7S2. The molecule has 3 aromatic carbocycles. The summed E-state index contributed by atoms with van der Waals surface area (Å²) in [6.07, 6.45) is 1.66. The van der Waals surface area contributed by atoms with Crippen LogP contribution in [-0.2, 0) is 11.4 Å². The van der Waals surface area contributed by atoms with E-state index in [-0.39, 0.29) is 23.9 Å². The molecule has 1 aliphatic heterocycles. The SMILES string of the molecule is COc1cc(/C=C2\SC(=S)N(c3ccc([N+](=O)[O-])cc3)C2=O)c(Br)cc1OCc1ccc([N+](=O)[O-])cc1. The van der Waals surface area contributed by atoms with Crippen molar-refractivity contribution >= 4 is 73.3 Å². The van der Waals surface area contributed by atoms with Gasteiger partial charge in [0.15, 0.2) is 15.8 Å². The monoisotopic (exact) mass is 601 g/mol. The van der Waals surface area contributed by atoms with Gasteiger partial charge in [-0.3, -0.25) is 29.9 Å². The highest BCUT2D eigenvalue weighted by Gasteiger charge is 2.33. The molecule has 1 aliphatic rings. The van der Waals surface area contributed by atoms with Gasteiger partial charge in [0, 0.05) is 28.7 Å². The van der Waals surface area contributed by atoms with Gasteiger partial charge in [0.2, 0.25) is 0 Å². The Hall–Kier alpha value is -3.81. The molecule has 0 aromatic heterocycles. The summed E-state index contributed by atoms with van der Waals surface area (Å²) in [6.45, 7) is 0.161. The standard InChI is InChI=1S/C24H16BrN3O7S2/c1-34-20-10-15(19(25)12-21(20)35-13-14-2-4-17(5-3-14)27(30)31)11-22-23(29)26(24(36)37-22)16-6-8-18(9-7-16)28(32)33/h2-12H,13H2,1H3/b22-11-. The summed E-state index contributed by atoms with van der Waals surface area (Å²) in [5.41, 5.74) is 1.72. The van der Waals surface area contributed by atoms with Crippen LogP contribution in [0.4, 0.5) is 17.1 Å². The van der Waals surface area contributed by atoms with E-state index in [1.165, 1.54) is 48.4 Å². The van der Waals surface area contributed by atoms with Gasteiger partial charge < -0.3 is 9.47 Å². The summed E-state index contributed by atoms with van der Waals surface area (Å²) in [5, 5.41) is 21.7. The Bertz CT molecular complexity index is 1440. The van der Waals surface area contributed by atoms with Crippen molar-refractivity contribution in [3.63, 3.8) is 0 Å². The molecule has 4 rings (SSSR count). The van der Waals surface area contributed by atoms with E-state index in [4.69, 9.17) is 21.7 Å². The van der Waals surface area contributed by atoms with E-state index in [0.29, 0.717) is 36.4 Å². The van der Waals surface area contributed by atoms with E-state index in [1.54, 1.807) is 30.3 Å². The maximum Gasteiger partial charge on any atom is 0.270 e. The molecule has 0 bridgehead atoms. The number of rotatable bonds is 8. The second kappa shape index (κ2) is 11.1. The molecular weight excluding hydrogens is 586 g/mol. The molecule has 1 fully saturated rings. The number of carbonyl (C=O) groups is 1. The van der Waals surface area contributed by atoms with E-state index >= 15 is 0 Å². The van der Waals surface area contributed by atoms with Crippen LogP contribution in [-0.4, -0.2) is 27.2 Å². The molecule has 0 radical (unpaired) electrons. The number of amides is 1. The van der Waals surface area contributed by atoms with Crippen molar-refractivity contribution in [2.24, 2.45) is 0 Å². The first-order valence-electron chi connectivity index (χ1n) is 10.4. The van der Waals surface area contributed by atoms with E-state index in [1.807, 2.05) is 0 Å². The maximum absolute atomic E-state index is 13.1. The normalized spacial score (nSPS) is 14.2. The molecule has 37 heavy (non-hydrogen) atoms. The third-order valence-electron chi connectivity index (χ3n) is 5.22. The lowest BCUT2D eigenvalue weighted by atomic mass is 10.1. The molecule has 0 saturated carbocycles. The summed E-state index contributed by atoms with van der Waals surface area (Å²) >= 11 is 10.00. The number of nitrogens with zero attached hydrogens (tertiary/aromatic N) is 3. The van der Waals surface area contributed by atoms with Crippen LogP contribution < -0.4 is 14.4 Å². The third kappa shape index (κ3) is 5.79. The highest BCUT2D eigenvalue weighted by molar-refractivity contribution is 9.10. The van der Waals surface area contributed by atoms with Crippen molar-refractivity contribution in [3.8, 4) is 11.5 Å². The Morgan fingerprint density at radius 2 is 1.59 bits per heavy atom. The number of nitro benzene ring substituents is 2. The molecule has 0 aliphatic carbocycles. The fourth-order valence-corrected chi connectivity index (χ4v) is 5.09. The first kappa shape index (κ1) is 26.3. The molecule has 1 heterocycles. The Labute approximate surface area is 228 Å². The van der Waals surface area contributed by atoms with Crippen LogP contribution in [0.3, 0.4) is 0 Å². The quantitative estimate of drug-likeness (QED) is 0.127. The molecule has 0 spiro atoms. The first-order chi connectivity index (χ1) is 17.7. The molecule has 0 N–H and O–H groups in total. The fourth-order valence-electron chi connectivity index (χ4n) is 3.36. The van der Waals surface area contributed by atoms with Gasteiger partial charge in [0.1, 0.15) is 6.61 Å². The Morgan fingerprint density at radius 1 is 1.00 bits per heavy atom.